The molecule has 0 saturated carbocycles. The molecule has 4 rings (SSSR count). The smallest absolute Gasteiger partial charge is 0.161 e. The number of hydrogen-bond donors (Lipinski definition) is 1. The summed E-state index contributed by atoms with van der Waals surface area (Å²) in [5.41, 5.74) is 9.49. The quantitative estimate of drug-likeness (QED) is 0.618. The second kappa shape index (κ2) is 8.67. The molecule has 1 aromatic heterocycles. The Kier molecular flexibility index (Phi) is 5.99. The summed E-state index contributed by atoms with van der Waals surface area (Å²) in [6, 6.07) is 13.9. The predicted octanol–water partition coefficient (Wildman–Crippen LogP) is 6.05. The molecule has 0 saturated heterocycles. The van der Waals surface area contributed by atoms with Crippen LogP contribution in [0.1, 0.15) is 54.7 Å². The van der Waals surface area contributed by atoms with E-state index < -0.39 is 0 Å². The number of nitrogens with two attached hydrogens (primary N) is 1. The summed E-state index contributed by atoms with van der Waals surface area (Å²) in [5, 5.41) is 10.7. The van der Waals surface area contributed by atoms with E-state index in [1.807, 2.05) is 17.0 Å². The molecule has 0 fully saturated rings. The third kappa shape index (κ3) is 3.66. The van der Waals surface area contributed by atoms with Crippen LogP contribution in [-0.4, -0.2) is 5.78 Å². The van der Waals surface area contributed by atoms with Crippen LogP contribution in [0.4, 0.5) is 5.69 Å². The van der Waals surface area contributed by atoms with Crippen molar-refractivity contribution in [1.82, 2.24) is 0 Å². The first-order chi connectivity index (χ1) is 14.5. The molecule has 4 nitrogen and oxygen atoms in total. The Labute approximate surface area is 186 Å². The largest absolute Gasteiger partial charge is 0.384 e. The molecule has 2 heterocycles. The van der Waals surface area contributed by atoms with Gasteiger partial charge in [0.15, 0.2) is 5.78 Å². The van der Waals surface area contributed by atoms with Crippen LogP contribution in [0, 0.1) is 11.3 Å². The summed E-state index contributed by atoms with van der Waals surface area (Å²) in [7, 11) is 0. The summed E-state index contributed by atoms with van der Waals surface area (Å²) in [5.74, 6) is 0.146. The minimum Gasteiger partial charge on any atom is -0.384 e. The lowest BCUT2D eigenvalue weighted by Gasteiger charge is -2.39. The summed E-state index contributed by atoms with van der Waals surface area (Å²) in [6.45, 7) is 2.18. The maximum atomic E-state index is 13.1. The second-order valence-electron chi connectivity index (χ2n) is 7.70. The molecular formula is C24H24ClN3OS. The lowest BCUT2D eigenvalue weighted by Crippen LogP contribution is -2.38. The van der Waals surface area contributed by atoms with Crippen molar-refractivity contribution in [3.8, 4) is 6.07 Å². The van der Waals surface area contributed by atoms with E-state index in [0.29, 0.717) is 22.8 Å². The third-order valence-electron chi connectivity index (χ3n) is 5.74. The van der Waals surface area contributed by atoms with Crippen molar-refractivity contribution in [3.05, 3.63) is 73.8 Å². The summed E-state index contributed by atoms with van der Waals surface area (Å²) < 4.78 is 0. The average Bonchev–Trinajstić information content (AvgIpc) is 3.21. The number of nitrogens with zero attached hydrogens (tertiary/aromatic N) is 2. The molecule has 2 N–H and O–H groups in total. The summed E-state index contributed by atoms with van der Waals surface area (Å²) >= 11 is 7.76. The number of thiophene rings is 1. The minimum atomic E-state index is -0.373. The Balaban J connectivity index is 1.86. The van der Waals surface area contributed by atoms with Crippen molar-refractivity contribution >= 4 is 34.4 Å². The molecule has 30 heavy (non-hydrogen) atoms. The number of anilines is 1. The topological polar surface area (TPSA) is 70.1 Å². The highest BCUT2D eigenvalue weighted by atomic mass is 35.5. The van der Waals surface area contributed by atoms with E-state index in [-0.39, 0.29) is 11.7 Å². The zero-order valence-electron chi connectivity index (χ0n) is 17.0. The fraction of sp³-hybridized carbons (Fsp3) is 0.333. The molecule has 0 amide bonds. The molecule has 1 unspecified atom stereocenters. The Hall–Kier alpha value is -2.55. The first-order valence-electron chi connectivity index (χ1n) is 10.4. The summed E-state index contributed by atoms with van der Waals surface area (Å²) in [6.07, 6.45) is 5.34. The first-order valence-corrected chi connectivity index (χ1v) is 11.5. The number of halogens is 1. The van der Waals surface area contributed by atoms with E-state index in [0.717, 1.165) is 53.9 Å². The number of hydrogen-bond acceptors (Lipinski definition) is 5. The van der Waals surface area contributed by atoms with Gasteiger partial charge in [0, 0.05) is 38.2 Å². The van der Waals surface area contributed by atoms with Gasteiger partial charge < -0.3 is 5.73 Å². The van der Waals surface area contributed by atoms with Gasteiger partial charge in [-0.15, -0.1) is 11.3 Å². The molecule has 1 aliphatic carbocycles. The Morgan fingerprint density at radius 1 is 1.23 bits per heavy atom. The number of allylic oxidation sites excluding steroid dienone is 3. The van der Waals surface area contributed by atoms with E-state index in [9.17, 15) is 10.1 Å². The van der Waals surface area contributed by atoms with E-state index in [1.165, 1.54) is 4.88 Å². The van der Waals surface area contributed by atoms with Crippen molar-refractivity contribution in [2.24, 2.45) is 5.73 Å². The maximum Gasteiger partial charge on any atom is 0.161 e. The van der Waals surface area contributed by atoms with Gasteiger partial charge in [-0.1, -0.05) is 24.9 Å². The third-order valence-corrected chi connectivity index (χ3v) is 7.20. The lowest BCUT2D eigenvalue weighted by atomic mass is 9.78. The second-order valence-corrected chi connectivity index (χ2v) is 9.34. The van der Waals surface area contributed by atoms with Crippen LogP contribution in [0.2, 0.25) is 5.02 Å². The number of benzene rings is 1. The average molecular weight is 438 g/mol. The Morgan fingerprint density at radius 3 is 2.70 bits per heavy atom. The van der Waals surface area contributed by atoms with Gasteiger partial charge in [-0.25, -0.2) is 0 Å². The zero-order chi connectivity index (χ0) is 21.3. The van der Waals surface area contributed by atoms with Gasteiger partial charge in [-0.2, -0.15) is 5.26 Å². The molecule has 0 radical (unpaired) electrons. The molecule has 2 aliphatic rings. The van der Waals surface area contributed by atoms with Gasteiger partial charge in [-0.05, 0) is 62.1 Å². The van der Waals surface area contributed by atoms with Crippen LogP contribution in [0.3, 0.4) is 0 Å². The molecule has 154 valence electrons. The van der Waals surface area contributed by atoms with Gasteiger partial charge in [0.1, 0.15) is 5.82 Å². The first kappa shape index (κ1) is 20.7. The van der Waals surface area contributed by atoms with Crippen LogP contribution < -0.4 is 10.6 Å². The normalized spacial score (nSPS) is 19.2. The number of nitriles is 1. The number of ketones is 1. The van der Waals surface area contributed by atoms with E-state index in [4.69, 9.17) is 17.3 Å². The van der Waals surface area contributed by atoms with Gasteiger partial charge in [0.25, 0.3) is 0 Å². The fourth-order valence-corrected chi connectivity index (χ4v) is 5.59. The highest BCUT2D eigenvalue weighted by Gasteiger charge is 2.40. The van der Waals surface area contributed by atoms with E-state index >= 15 is 0 Å². The molecular weight excluding hydrogens is 414 g/mol. The van der Waals surface area contributed by atoms with Crippen LogP contribution >= 0.6 is 22.9 Å². The number of unbranched alkanes of at least 4 members (excludes halogenated alkanes) is 1. The molecule has 0 bridgehead atoms. The minimum absolute atomic E-state index is 0.115. The number of carbonyl (C=O) groups excluding carboxylic acids is 1. The Bertz CT molecular complexity index is 1070. The van der Waals surface area contributed by atoms with Crippen LogP contribution in [-0.2, 0) is 11.2 Å². The number of Topliss-reactive ketones (excluding diaryl/α,β-unsaturated/α-hetero) is 1. The van der Waals surface area contributed by atoms with Crippen LogP contribution in [0.5, 0.6) is 0 Å². The van der Waals surface area contributed by atoms with E-state index in [1.54, 1.807) is 23.5 Å². The van der Waals surface area contributed by atoms with E-state index in [2.05, 4.69) is 25.1 Å². The van der Waals surface area contributed by atoms with Crippen molar-refractivity contribution in [3.63, 3.8) is 0 Å². The van der Waals surface area contributed by atoms with Crippen molar-refractivity contribution in [2.75, 3.05) is 4.90 Å². The molecule has 1 aromatic carbocycles. The number of rotatable bonds is 5. The molecule has 1 aliphatic heterocycles. The van der Waals surface area contributed by atoms with Crippen LogP contribution in [0.25, 0.3) is 0 Å². The van der Waals surface area contributed by atoms with Crippen molar-refractivity contribution < 1.29 is 4.79 Å². The predicted molar refractivity (Wildman–Crippen MR) is 122 cm³/mol. The van der Waals surface area contributed by atoms with Gasteiger partial charge in [0.2, 0.25) is 0 Å². The van der Waals surface area contributed by atoms with Crippen LogP contribution in [0.15, 0.2) is 59.1 Å². The Morgan fingerprint density at radius 2 is 2.00 bits per heavy atom. The zero-order valence-corrected chi connectivity index (χ0v) is 18.5. The van der Waals surface area contributed by atoms with Crippen molar-refractivity contribution in [2.45, 2.75) is 51.4 Å². The standard InChI is InChI=1S/C24H24ClN3OS/c1-2-3-5-17-12-13-21(30-17)22-18(14-26)24(27)28(16-10-8-15(25)9-11-16)19-6-4-7-20(29)23(19)22/h8-13,22H,2-7,27H2,1H3. The lowest BCUT2D eigenvalue weighted by molar-refractivity contribution is -0.116. The molecule has 6 heteroatoms. The molecule has 0 spiro atoms. The highest BCUT2D eigenvalue weighted by Crippen LogP contribution is 2.47. The number of aryl methyl sites for hydroxylation is 1. The highest BCUT2D eigenvalue weighted by molar-refractivity contribution is 7.12. The van der Waals surface area contributed by atoms with Gasteiger partial charge in [0.05, 0.1) is 17.6 Å². The molecule has 1 atom stereocenters. The monoisotopic (exact) mass is 437 g/mol. The van der Waals surface area contributed by atoms with Gasteiger partial charge >= 0.3 is 0 Å². The van der Waals surface area contributed by atoms with Crippen molar-refractivity contribution in [1.29, 1.82) is 5.26 Å². The van der Waals surface area contributed by atoms with Gasteiger partial charge in [-0.3, -0.25) is 9.69 Å². The summed E-state index contributed by atoms with van der Waals surface area (Å²) in [4.78, 5) is 17.3. The number of carbonyl (C=O) groups is 1. The molecule has 2 aromatic rings. The maximum absolute atomic E-state index is 13.1. The SMILES string of the molecule is CCCCc1ccc(C2C(C#N)=C(N)N(c3ccc(Cl)cc3)C3=C2C(=O)CCC3)s1. The fourth-order valence-electron chi connectivity index (χ4n) is 4.29.